The van der Waals surface area contributed by atoms with E-state index >= 15 is 0 Å². The summed E-state index contributed by atoms with van der Waals surface area (Å²) in [6.45, 7) is 0.719. The van der Waals surface area contributed by atoms with Crippen molar-refractivity contribution in [2.75, 3.05) is 38.7 Å². The number of rotatable bonds is 6. The van der Waals surface area contributed by atoms with E-state index in [0.717, 1.165) is 11.1 Å². The SMILES string of the molecule is COc1nc(NC2CN(C3COC3)CC2(F)F)nn2ccc(-c3ccc4nnn(C5CC(F)(F)C5)c4c3)c12. The van der Waals surface area contributed by atoms with Gasteiger partial charge in [0, 0.05) is 31.1 Å². The number of fused-ring (bicyclic) bond motifs is 2. The summed E-state index contributed by atoms with van der Waals surface area (Å²) in [6.07, 6.45) is 1.15. The molecule has 1 aromatic carbocycles. The van der Waals surface area contributed by atoms with Crippen LogP contribution in [0.3, 0.4) is 0 Å². The molecule has 0 bridgehead atoms. The number of anilines is 1. The van der Waals surface area contributed by atoms with Crippen molar-refractivity contribution in [1.29, 1.82) is 0 Å². The lowest BCUT2D eigenvalue weighted by Gasteiger charge is -2.34. The normalized spacial score (nSPS) is 23.6. The van der Waals surface area contributed by atoms with Crippen molar-refractivity contribution >= 4 is 22.5 Å². The third-order valence-corrected chi connectivity index (χ3v) is 7.65. The van der Waals surface area contributed by atoms with Gasteiger partial charge in [0.05, 0.1) is 44.5 Å². The number of alkyl halides is 4. The number of methoxy groups -OCH3 is 1. The number of hydrogen-bond acceptors (Lipinski definition) is 8. The largest absolute Gasteiger partial charge is 0.479 e. The molecular weight excluding hydrogens is 508 g/mol. The zero-order chi connectivity index (χ0) is 26.2. The minimum absolute atomic E-state index is 0.00208. The maximum atomic E-state index is 14.8. The van der Waals surface area contributed by atoms with E-state index in [9.17, 15) is 17.6 Å². The summed E-state index contributed by atoms with van der Waals surface area (Å²) in [7, 11) is 1.45. The quantitative estimate of drug-likeness (QED) is 0.379. The first-order chi connectivity index (χ1) is 18.2. The van der Waals surface area contributed by atoms with E-state index in [0.29, 0.717) is 29.8 Å². The van der Waals surface area contributed by atoms with E-state index in [4.69, 9.17) is 9.47 Å². The predicted molar refractivity (Wildman–Crippen MR) is 128 cm³/mol. The Hall–Kier alpha value is -3.52. The van der Waals surface area contributed by atoms with Crippen LogP contribution >= 0.6 is 0 Å². The van der Waals surface area contributed by atoms with Gasteiger partial charge in [-0.2, -0.15) is 4.98 Å². The topological polar surface area (TPSA) is 94.6 Å². The third kappa shape index (κ3) is 3.76. The van der Waals surface area contributed by atoms with E-state index in [1.807, 2.05) is 18.2 Å². The zero-order valence-corrected chi connectivity index (χ0v) is 20.3. The summed E-state index contributed by atoms with van der Waals surface area (Å²) in [5.41, 5.74) is 3.27. The second-order valence-electron chi connectivity index (χ2n) is 10.2. The third-order valence-electron chi connectivity index (χ3n) is 7.65. The number of benzene rings is 1. The Morgan fingerprint density at radius 2 is 1.92 bits per heavy atom. The summed E-state index contributed by atoms with van der Waals surface area (Å²) in [4.78, 5) is 6.12. The molecule has 2 saturated heterocycles. The van der Waals surface area contributed by atoms with Gasteiger partial charge in [-0.3, -0.25) is 4.90 Å². The number of halogens is 4. The molecule has 5 heterocycles. The molecule has 3 fully saturated rings. The Kier molecular flexibility index (Phi) is 5.11. The van der Waals surface area contributed by atoms with Gasteiger partial charge in [0.15, 0.2) is 0 Å². The Morgan fingerprint density at radius 3 is 2.63 bits per heavy atom. The molecule has 0 radical (unpaired) electrons. The minimum Gasteiger partial charge on any atom is -0.479 e. The first kappa shape index (κ1) is 23.6. The summed E-state index contributed by atoms with van der Waals surface area (Å²) in [6, 6.07) is 5.70. The zero-order valence-electron chi connectivity index (χ0n) is 20.3. The van der Waals surface area contributed by atoms with Crippen LogP contribution in [0.4, 0.5) is 23.5 Å². The number of ether oxygens (including phenoxy) is 2. The van der Waals surface area contributed by atoms with E-state index in [1.165, 1.54) is 11.6 Å². The smallest absolute Gasteiger partial charge is 0.281 e. The fourth-order valence-electron chi connectivity index (χ4n) is 5.44. The Bertz CT molecular complexity index is 1530. The van der Waals surface area contributed by atoms with E-state index in [1.54, 1.807) is 21.8 Å². The average Bonchev–Trinajstić information content (AvgIpc) is 3.50. The monoisotopic (exact) mass is 532 g/mol. The lowest BCUT2D eigenvalue weighted by molar-refractivity contribution is -0.106. The van der Waals surface area contributed by atoms with Crippen molar-refractivity contribution in [2.24, 2.45) is 0 Å². The van der Waals surface area contributed by atoms with Crippen molar-refractivity contribution in [3.63, 3.8) is 0 Å². The van der Waals surface area contributed by atoms with Crippen molar-refractivity contribution in [3.8, 4) is 17.0 Å². The Morgan fingerprint density at radius 1 is 1.11 bits per heavy atom. The first-order valence-corrected chi connectivity index (χ1v) is 12.3. The van der Waals surface area contributed by atoms with Gasteiger partial charge in [-0.1, -0.05) is 11.3 Å². The van der Waals surface area contributed by atoms with Gasteiger partial charge in [0.1, 0.15) is 17.1 Å². The second-order valence-corrected chi connectivity index (χ2v) is 10.2. The van der Waals surface area contributed by atoms with Crippen LogP contribution in [0.5, 0.6) is 5.88 Å². The standard InChI is InChI=1S/C24H24F4N8O2/c1-37-21-20-16(13-2-3-17-18(6-13)36(33-31-17)14-7-23(25,26)8-14)4-5-35(20)32-22(30-21)29-19-9-34(12-24(19,27)28)15-10-38-11-15/h2-6,14-15,19H,7-12H2,1H3,(H,29,32). The average molecular weight is 533 g/mol. The van der Waals surface area contributed by atoms with Crippen LogP contribution in [0.25, 0.3) is 27.7 Å². The van der Waals surface area contributed by atoms with Crippen molar-refractivity contribution in [1.82, 2.24) is 34.5 Å². The van der Waals surface area contributed by atoms with Crippen LogP contribution in [0, 0.1) is 0 Å². The van der Waals surface area contributed by atoms with Crippen molar-refractivity contribution in [3.05, 3.63) is 30.5 Å². The Balaban J connectivity index is 1.20. The molecule has 1 unspecified atom stereocenters. The van der Waals surface area contributed by atoms with Gasteiger partial charge >= 0.3 is 0 Å². The molecule has 3 aliphatic rings. The van der Waals surface area contributed by atoms with Crippen molar-refractivity contribution in [2.45, 2.75) is 42.8 Å². The second kappa shape index (κ2) is 8.24. The molecule has 0 amide bonds. The fraction of sp³-hybridized carbons (Fsp3) is 0.500. The van der Waals surface area contributed by atoms with Gasteiger partial charge in [0.2, 0.25) is 11.8 Å². The highest BCUT2D eigenvalue weighted by atomic mass is 19.3. The number of likely N-dealkylation sites (tertiary alicyclic amines) is 1. The van der Waals surface area contributed by atoms with Crippen LogP contribution < -0.4 is 10.1 Å². The van der Waals surface area contributed by atoms with Gasteiger partial charge in [0.25, 0.3) is 11.8 Å². The summed E-state index contributed by atoms with van der Waals surface area (Å²) < 4.78 is 70.2. The van der Waals surface area contributed by atoms with Crippen molar-refractivity contribution < 1.29 is 27.0 Å². The molecule has 38 heavy (non-hydrogen) atoms. The minimum atomic E-state index is -2.96. The highest BCUT2D eigenvalue weighted by molar-refractivity contribution is 5.89. The molecule has 2 aliphatic heterocycles. The molecule has 4 aromatic rings. The van der Waals surface area contributed by atoms with E-state index in [-0.39, 0.29) is 43.8 Å². The fourth-order valence-corrected chi connectivity index (χ4v) is 5.44. The van der Waals surface area contributed by atoms with Crippen LogP contribution in [-0.2, 0) is 4.74 Å². The highest BCUT2D eigenvalue weighted by Gasteiger charge is 2.51. The maximum Gasteiger partial charge on any atom is 0.281 e. The van der Waals surface area contributed by atoms with E-state index < -0.39 is 23.9 Å². The lowest BCUT2D eigenvalue weighted by Crippen LogP contribution is -2.48. The van der Waals surface area contributed by atoms with Gasteiger partial charge < -0.3 is 14.8 Å². The van der Waals surface area contributed by atoms with Crippen LogP contribution in [0.2, 0.25) is 0 Å². The lowest BCUT2D eigenvalue weighted by atomic mass is 9.88. The molecule has 10 nitrogen and oxygen atoms in total. The molecule has 0 spiro atoms. The molecule has 7 rings (SSSR count). The molecule has 1 N–H and O–H groups in total. The molecule has 1 saturated carbocycles. The molecule has 3 aromatic heterocycles. The summed E-state index contributed by atoms with van der Waals surface area (Å²) in [5, 5.41) is 15.4. The molecule has 1 aliphatic carbocycles. The number of hydrogen-bond donors (Lipinski definition) is 1. The molecule has 200 valence electrons. The van der Waals surface area contributed by atoms with Crippen LogP contribution in [0.1, 0.15) is 18.9 Å². The van der Waals surface area contributed by atoms with Crippen LogP contribution in [-0.4, -0.2) is 91.8 Å². The summed E-state index contributed by atoms with van der Waals surface area (Å²) in [5.74, 6) is -5.41. The maximum absolute atomic E-state index is 14.8. The van der Waals surface area contributed by atoms with Gasteiger partial charge in [-0.15, -0.1) is 10.2 Å². The van der Waals surface area contributed by atoms with E-state index in [2.05, 4.69) is 25.7 Å². The molecule has 14 heteroatoms. The van der Waals surface area contributed by atoms with Gasteiger partial charge in [-0.05, 0) is 23.8 Å². The number of aromatic nitrogens is 6. The number of nitrogens with one attached hydrogen (secondary N) is 1. The molecular formula is C24H24F4N8O2. The van der Waals surface area contributed by atoms with Gasteiger partial charge in [-0.25, -0.2) is 26.8 Å². The molecule has 1 atom stereocenters. The predicted octanol–water partition coefficient (Wildman–Crippen LogP) is 3.25. The first-order valence-electron chi connectivity index (χ1n) is 12.3. The van der Waals surface area contributed by atoms with Crippen LogP contribution in [0.15, 0.2) is 30.5 Å². The summed E-state index contributed by atoms with van der Waals surface area (Å²) >= 11 is 0. The number of nitrogens with zero attached hydrogens (tertiary/aromatic N) is 7. The highest BCUT2D eigenvalue weighted by Crippen LogP contribution is 2.46. The Labute approximate surface area is 213 Å².